The summed E-state index contributed by atoms with van der Waals surface area (Å²) >= 11 is 3.25. The number of hydrogen-bond acceptors (Lipinski definition) is 3. The minimum Gasteiger partial charge on any atom is -0.398 e. The minimum absolute atomic E-state index is 0.196. The molecule has 0 heterocycles. The summed E-state index contributed by atoms with van der Waals surface area (Å²) in [6.45, 7) is 1.95. The lowest BCUT2D eigenvalue weighted by molar-refractivity contribution is 0.594. The average Bonchev–Trinajstić information content (AvgIpc) is 2.41. The smallest absolute Gasteiger partial charge is 0.264 e. The number of nitrogen functional groups attached to an aromatic ring is 1. The molecule has 0 aliphatic rings. The van der Waals surface area contributed by atoms with E-state index in [1.54, 1.807) is 18.2 Å². The van der Waals surface area contributed by atoms with Gasteiger partial charge in [-0.1, -0.05) is 17.7 Å². The summed E-state index contributed by atoms with van der Waals surface area (Å²) in [5.41, 5.74) is 7.88. The van der Waals surface area contributed by atoms with Crippen molar-refractivity contribution in [2.75, 3.05) is 17.1 Å². The van der Waals surface area contributed by atoms with Gasteiger partial charge in [0.15, 0.2) is 0 Å². The quantitative estimate of drug-likeness (QED) is 0.861. The van der Waals surface area contributed by atoms with Crippen molar-refractivity contribution in [3.8, 4) is 0 Å². The molecule has 0 aliphatic carbocycles. The van der Waals surface area contributed by atoms with Crippen LogP contribution in [0.4, 0.5) is 11.4 Å². The number of rotatable bonds is 3. The van der Waals surface area contributed by atoms with E-state index in [2.05, 4.69) is 15.9 Å². The van der Waals surface area contributed by atoms with Crippen molar-refractivity contribution in [3.05, 3.63) is 52.5 Å². The number of anilines is 2. The molecular formula is C14H15BrN2O2S. The first-order chi connectivity index (χ1) is 9.32. The van der Waals surface area contributed by atoms with E-state index in [4.69, 9.17) is 5.73 Å². The fourth-order valence-electron chi connectivity index (χ4n) is 1.72. The highest BCUT2D eigenvalue weighted by atomic mass is 79.9. The zero-order chi connectivity index (χ0) is 14.9. The van der Waals surface area contributed by atoms with Gasteiger partial charge in [-0.15, -0.1) is 0 Å². The molecule has 106 valence electrons. The first-order valence-corrected chi connectivity index (χ1v) is 8.16. The lowest BCUT2D eigenvalue weighted by atomic mass is 10.2. The van der Waals surface area contributed by atoms with Gasteiger partial charge in [-0.3, -0.25) is 4.31 Å². The highest BCUT2D eigenvalue weighted by Gasteiger charge is 2.21. The average molecular weight is 355 g/mol. The molecule has 2 N–H and O–H groups in total. The largest absolute Gasteiger partial charge is 0.398 e. The van der Waals surface area contributed by atoms with Crippen LogP contribution in [0.5, 0.6) is 0 Å². The number of sulfonamides is 1. The molecule has 2 aromatic rings. The molecule has 2 rings (SSSR count). The van der Waals surface area contributed by atoms with Gasteiger partial charge in [-0.25, -0.2) is 8.42 Å². The zero-order valence-corrected chi connectivity index (χ0v) is 13.6. The third-order valence-electron chi connectivity index (χ3n) is 3.03. The van der Waals surface area contributed by atoms with Crippen LogP contribution >= 0.6 is 15.9 Å². The highest BCUT2D eigenvalue weighted by molar-refractivity contribution is 9.10. The normalized spacial score (nSPS) is 11.3. The van der Waals surface area contributed by atoms with Gasteiger partial charge in [-0.2, -0.15) is 0 Å². The molecule has 0 unspecified atom stereocenters. The first kappa shape index (κ1) is 14.9. The summed E-state index contributed by atoms with van der Waals surface area (Å²) in [6, 6.07) is 11.9. The van der Waals surface area contributed by atoms with Crippen molar-refractivity contribution in [2.24, 2.45) is 0 Å². The SMILES string of the molecule is Cc1ccc(N(C)S(=O)(=O)c2ccc(N)c(Br)c2)cc1. The Morgan fingerprint density at radius 1 is 1.10 bits per heavy atom. The molecule has 0 amide bonds. The van der Waals surface area contributed by atoms with E-state index < -0.39 is 10.0 Å². The van der Waals surface area contributed by atoms with E-state index in [0.29, 0.717) is 15.8 Å². The third kappa shape index (κ3) is 2.81. The van der Waals surface area contributed by atoms with Crippen LogP contribution in [0, 0.1) is 6.92 Å². The predicted molar refractivity (Wildman–Crippen MR) is 85.3 cm³/mol. The number of nitrogens with zero attached hydrogens (tertiary/aromatic N) is 1. The molecule has 0 spiro atoms. The van der Waals surface area contributed by atoms with Crippen LogP contribution in [0.3, 0.4) is 0 Å². The summed E-state index contributed by atoms with van der Waals surface area (Å²) in [5.74, 6) is 0. The van der Waals surface area contributed by atoms with Crippen LogP contribution in [0.2, 0.25) is 0 Å². The van der Waals surface area contributed by atoms with Gasteiger partial charge in [0.25, 0.3) is 10.0 Å². The van der Waals surface area contributed by atoms with Crippen LogP contribution in [-0.2, 0) is 10.0 Å². The first-order valence-electron chi connectivity index (χ1n) is 5.93. The van der Waals surface area contributed by atoms with Crippen molar-refractivity contribution in [1.29, 1.82) is 0 Å². The fraction of sp³-hybridized carbons (Fsp3) is 0.143. The molecule has 0 aliphatic heterocycles. The second kappa shape index (κ2) is 5.46. The molecule has 2 aromatic carbocycles. The Hall–Kier alpha value is -1.53. The van der Waals surface area contributed by atoms with Crippen molar-refractivity contribution < 1.29 is 8.42 Å². The Kier molecular flexibility index (Phi) is 4.06. The Morgan fingerprint density at radius 3 is 2.25 bits per heavy atom. The molecule has 0 saturated heterocycles. The van der Waals surface area contributed by atoms with Crippen LogP contribution in [0.15, 0.2) is 51.8 Å². The summed E-state index contributed by atoms with van der Waals surface area (Å²) < 4.78 is 26.9. The molecular weight excluding hydrogens is 340 g/mol. The van der Waals surface area contributed by atoms with Gasteiger partial charge < -0.3 is 5.73 Å². The van der Waals surface area contributed by atoms with Crippen molar-refractivity contribution >= 4 is 37.3 Å². The number of hydrogen-bond donors (Lipinski definition) is 1. The van der Waals surface area contributed by atoms with Crippen LogP contribution in [0.25, 0.3) is 0 Å². The van der Waals surface area contributed by atoms with E-state index in [1.165, 1.54) is 23.5 Å². The van der Waals surface area contributed by atoms with Crippen molar-refractivity contribution in [3.63, 3.8) is 0 Å². The van der Waals surface area contributed by atoms with E-state index in [9.17, 15) is 8.42 Å². The Morgan fingerprint density at radius 2 is 1.70 bits per heavy atom. The zero-order valence-electron chi connectivity index (χ0n) is 11.2. The lowest BCUT2D eigenvalue weighted by Gasteiger charge is -2.20. The molecule has 0 atom stereocenters. The lowest BCUT2D eigenvalue weighted by Crippen LogP contribution is -2.26. The van der Waals surface area contributed by atoms with Gasteiger partial charge in [0.2, 0.25) is 0 Å². The summed E-state index contributed by atoms with van der Waals surface area (Å²) in [7, 11) is -2.06. The van der Waals surface area contributed by atoms with Crippen molar-refractivity contribution in [1.82, 2.24) is 0 Å². The standard InChI is InChI=1S/C14H15BrN2O2S/c1-10-3-5-11(6-4-10)17(2)20(18,19)12-7-8-14(16)13(15)9-12/h3-9H,16H2,1-2H3. The van der Waals surface area contributed by atoms with Gasteiger partial charge in [0.1, 0.15) is 0 Å². The van der Waals surface area contributed by atoms with Gasteiger partial charge in [0, 0.05) is 17.2 Å². The second-order valence-corrected chi connectivity index (χ2v) is 7.31. The van der Waals surface area contributed by atoms with Gasteiger partial charge in [-0.05, 0) is 53.2 Å². The number of benzene rings is 2. The molecule has 20 heavy (non-hydrogen) atoms. The summed E-state index contributed by atoms with van der Waals surface area (Å²) in [5, 5.41) is 0. The maximum Gasteiger partial charge on any atom is 0.264 e. The maximum absolute atomic E-state index is 12.5. The Labute approximate surface area is 127 Å². The molecule has 0 saturated carbocycles. The van der Waals surface area contributed by atoms with E-state index in [-0.39, 0.29) is 4.90 Å². The number of nitrogens with two attached hydrogens (primary N) is 1. The molecule has 4 nitrogen and oxygen atoms in total. The number of halogens is 1. The van der Waals surface area contributed by atoms with Crippen molar-refractivity contribution in [2.45, 2.75) is 11.8 Å². The monoisotopic (exact) mass is 354 g/mol. The van der Waals surface area contributed by atoms with Crippen LogP contribution in [0.1, 0.15) is 5.56 Å². The maximum atomic E-state index is 12.5. The molecule has 0 aromatic heterocycles. The van der Waals surface area contributed by atoms with E-state index in [1.807, 2.05) is 19.1 Å². The molecule has 0 fully saturated rings. The van der Waals surface area contributed by atoms with Crippen LogP contribution in [-0.4, -0.2) is 15.5 Å². The summed E-state index contributed by atoms with van der Waals surface area (Å²) in [4.78, 5) is 0.196. The Bertz CT molecular complexity index is 727. The molecule has 6 heteroatoms. The second-order valence-electron chi connectivity index (χ2n) is 4.49. The van der Waals surface area contributed by atoms with Gasteiger partial charge in [0.05, 0.1) is 10.6 Å². The van der Waals surface area contributed by atoms with Gasteiger partial charge >= 0.3 is 0 Å². The third-order valence-corrected chi connectivity index (χ3v) is 5.50. The number of aryl methyl sites for hydroxylation is 1. The fourth-order valence-corrected chi connectivity index (χ4v) is 3.47. The summed E-state index contributed by atoms with van der Waals surface area (Å²) in [6.07, 6.45) is 0. The van der Waals surface area contributed by atoms with E-state index in [0.717, 1.165) is 5.56 Å². The topological polar surface area (TPSA) is 63.4 Å². The minimum atomic E-state index is -3.60. The van der Waals surface area contributed by atoms with E-state index >= 15 is 0 Å². The Balaban J connectivity index is 2.43. The molecule has 0 radical (unpaired) electrons. The highest BCUT2D eigenvalue weighted by Crippen LogP contribution is 2.27. The molecule has 0 bridgehead atoms. The predicted octanol–water partition coefficient (Wildman–Crippen LogP) is 3.16. The van der Waals surface area contributed by atoms with Crippen LogP contribution < -0.4 is 10.0 Å².